The lowest BCUT2D eigenvalue weighted by Crippen LogP contribution is -2.39. The van der Waals surface area contributed by atoms with Crippen molar-refractivity contribution >= 4 is 11.5 Å². The van der Waals surface area contributed by atoms with Crippen LogP contribution in [-0.2, 0) is 4.79 Å². The van der Waals surface area contributed by atoms with Gasteiger partial charge in [-0.3, -0.25) is 4.79 Å². The van der Waals surface area contributed by atoms with Gasteiger partial charge < -0.3 is 10.4 Å². The number of rotatable bonds is 3. The Morgan fingerprint density at radius 3 is 2.86 bits per heavy atom. The molecule has 0 saturated carbocycles. The number of carbonyl (C=O) groups is 1. The van der Waals surface area contributed by atoms with Crippen LogP contribution in [0.3, 0.4) is 0 Å². The Morgan fingerprint density at radius 1 is 1.41 bits per heavy atom. The molecule has 0 radical (unpaired) electrons. The van der Waals surface area contributed by atoms with Gasteiger partial charge in [0.2, 0.25) is 0 Å². The van der Waals surface area contributed by atoms with Crippen molar-refractivity contribution in [2.24, 2.45) is 0 Å². The van der Waals surface area contributed by atoms with Gasteiger partial charge in [0.25, 0.3) is 0 Å². The van der Waals surface area contributed by atoms with Gasteiger partial charge in [-0.05, 0) is 17.7 Å². The van der Waals surface area contributed by atoms with Crippen molar-refractivity contribution in [1.82, 2.24) is 20.3 Å². The summed E-state index contributed by atoms with van der Waals surface area (Å²) in [6.07, 6.45) is 2.12. The van der Waals surface area contributed by atoms with Gasteiger partial charge in [0.15, 0.2) is 5.69 Å². The highest BCUT2D eigenvalue weighted by Gasteiger charge is 2.26. The molecule has 0 saturated heterocycles. The van der Waals surface area contributed by atoms with E-state index in [2.05, 4.69) is 21.7 Å². The van der Waals surface area contributed by atoms with Gasteiger partial charge >= 0.3 is 5.97 Å². The van der Waals surface area contributed by atoms with Crippen LogP contribution in [-0.4, -0.2) is 38.7 Å². The lowest BCUT2D eigenvalue weighted by Gasteiger charge is -2.19. The average Bonchev–Trinajstić information content (AvgIpc) is 2.99. The smallest absolute Gasteiger partial charge is 0.321 e. The van der Waals surface area contributed by atoms with Gasteiger partial charge in [0.05, 0.1) is 5.69 Å². The summed E-state index contributed by atoms with van der Waals surface area (Å²) in [5.41, 5.74) is 2.22. The minimum atomic E-state index is -0.917. The number of aromatic nitrogens is 3. The maximum Gasteiger partial charge on any atom is 0.321 e. The number of aliphatic carboxylic acids is 1. The molecule has 22 heavy (non-hydrogen) atoms. The van der Waals surface area contributed by atoms with E-state index in [-0.39, 0.29) is 6.42 Å². The molecular weight excluding hydrogens is 282 g/mol. The molecule has 0 aliphatic carbocycles. The van der Waals surface area contributed by atoms with E-state index in [1.54, 1.807) is 0 Å². The van der Waals surface area contributed by atoms with Crippen LogP contribution in [0.1, 0.15) is 17.8 Å². The fourth-order valence-corrected chi connectivity index (χ4v) is 2.42. The van der Waals surface area contributed by atoms with Crippen molar-refractivity contribution in [3.63, 3.8) is 0 Å². The molecule has 2 N–H and O–H groups in total. The van der Waals surface area contributed by atoms with Gasteiger partial charge in [0, 0.05) is 13.0 Å². The monoisotopic (exact) mass is 295 g/mol. The zero-order valence-corrected chi connectivity index (χ0v) is 11.6. The zero-order chi connectivity index (χ0) is 15.5. The normalized spacial score (nSPS) is 17.6. The van der Waals surface area contributed by atoms with Gasteiger partial charge in [-0.2, -0.15) is 5.26 Å². The number of benzene rings is 1. The van der Waals surface area contributed by atoms with Crippen LogP contribution in [0.5, 0.6) is 0 Å². The molecule has 1 atom stereocenters. The maximum absolute atomic E-state index is 11.1. The van der Waals surface area contributed by atoms with Gasteiger partial charge in [-0.25, -0.2) is 4.68 Å². The predicted octanol–water partition coefficient (Wildman–Crippen LogP) is 0.969. The van der Waals surface area contributed by atoms with Crippen molar-refractivity contribution in [2.75, 3.05) is 6.54 Å². The topological polar surface area (TPSA) is 104 Å². The molecule has 0 bridgehead atoms. The number of carboxylic acids is 1. The molecule has 0 fully saturated rings. The van der Waals surface area contributed by atoms with Crippen molar-refractivity contribution in [3.05, 3.63) is 47.8 Å². The Bertz CT molecular complexity index is 773. The molecule has 110 valence electrons. The Labute approximate surface area is 126 Å². The predicted molar refractivity (Wildman–Crippen MR) is 78.1 cm³/mol. The maximum atomic E-state index is 11.1. The highest BCUT2D eigenvalue weighted by atomic mass is 16.4. The zero-order valence-electron chi connectivity index (χ0n) is 11.6. The van der Waals surface area contributed by atoms with Crippen LogP contribution in [0.4, 0.5) is 0 Å². The molecule has 1 aliphatic heterocycles. The van der Waals surface area contributed by atoms with E-state index in [4.69, 9.17) is 5.11 Å². The first-order valence-corrected chi connectivity index (χ1v) is 6.77. The number of carboxylic acid groups (broad SMARTS) is 1. The van der Waals surface area contributed by atoms with Crippen LogP contribution in [0.25, 0.3) is 11.3 Å². The summed E-state index contributed by atoms with van der Waals surface area (Å²) in [6, 6.07) is 10.7. The molecule has 0 amide bonds. The number of nitrogens with one attached hydrogen (secondary N) is 1. The molecule has 7 heteroatoms. The van der Waals surface area contributed by atoms with E-state index in [9.17, 15) is 10.1 Å². The van der Waals surface area contributed by atoms with Crippen molar-refractivity contribution < 1.29 is 9.90 Å². The Kier molecular flexibility index (Phi) is 3.68. The highest BCUT2D eigenvalue weighted by molar-refractivity contribution is 5.79. The van der Waals surface area contributed by atoms with E-state index in [1.165, 1.54) is 4.68 Å². The van der Waals surface area contributed by atoms with Crippen LogP contribution < -0.4 is 5.32 Å². The summed E-state index contributed by atoms with van der Waals surface area (Å²) < 4.78 is 1.47. The second-order valence-electron chi connectivity index (χ2n) is 4.88. The second kappa shape index (κ2) is 5.79. The minimum Gasteiger partial charge on any atom is -0.480 e. The van der Waals surface area contributed by atoms with E-state index in [0.29, 0.717) is 17.9 Å². The molecule has 1 unspecified atom stereocenters. The highest BCUT2D eigenvalue weighted by Crippen LogP contribution is 2.24. The number of nitrogens with zero attached hydrogens (tertiary/aromatic N) is 4. The molecule has 2 aromatic rings. The first-order valence-electron chi connectivity index (χ1n) is 6.77. The molecule has 1 aromatic heterocycles. The lowest BCUT2D eigenvalue weighted by molar-refractivity contribution is -0.139. The number of nitriles is 1. The standard InChI is InChI=1S/C15H13N5O2/c16-9-13-14(10-6-7-17-12(8-10)15(21)22)18-19-20(13)11-4-2-1-3-5-11/h1-6,12,17H,7-8H2,(H,21,22). The molecule has 1 aliphatic rings. The largest absolute Gasteiger partial charge is 0.480 e. The summed E-state index contributed by atoms with van der Waals surface area (Å²) in [4.78, 5) is 11.1. The second-order valence-corrected chi connectivity index (χ2v) is 4.88. The minimum absolute atomic E-state index is 0.275. The van der Waals surface area contributed by atoms with E-state index < -0.39 is 12.0 Å². The van der Waals surface area contributed by atoms with E-state index in [0.717, 1.165) is 11.3 Å². The fourth-order valence-electron chi connectivity index (χ4n) is 2.42. The summed E-state index contributed by atoms with van der Waals surface area (Å²) in [5.74, 6) is -0.917. The van der Waals surface area contributed by atoms with Crippen LogP contribution >= 0.6 is 0 Å². The first kappa shape index (κ1) is 14.0. The summed E-state index contributed by atoms with van der Waals surface area (Å²) >= 11 is 0. The van der Waals surface area contributed by atoms with Crippen LogP contribution in [0.15, 0.2) is 36.4 Å². The third kappa shape index (κ3) is 2.47. The molecule has 1 aromatic carbocycles. The fraction of sp³-hybridized carbons (Fsp3) is 0.200. The third-order valence-corrected chi connectivity index (χ3v) is 3.52. The van der Waals surface area contributed by atoms with Gasteiger partial charge in [-0.15, -0.1) is 5.10 Å². The number of para-hydroxylation sites is 1. The Morgan fingerprint density at radius 2 is 2.18 bits per heavy atom. The van der Waals surface area contributed by atoms with Crippen molar-refractivity contribution in [2.45, 2.75) is 12.5 Å². The first-order chi connectivity index (χ1) is 10.7. The number of hydrogen-bond acceptors (Lipinski definition) is 5. The third-order valence-electron chi connectivity index (χ3n) is 3.52. The molecule has 2 heterocycles. The molecule has 7 nitrogen and oxygen atoms in total. The van der Waals surface area contributed by atoms with E-state index >= 15 is 0 Å². The van der Waals surface area contributed by atoms with Crippen LogP contribution in [0, 0.1) is 11.3 Å². The molecule has 0 spiro atoms. The van der Waals surface area contributed by atoms with Crippen molar-refractivity contribution in [3.8, 4) is 11.8 Å². The van der Waals surface area contributed by atoms with E-state index in [1.807, 2.05) is 36.4 Å². The summed E-state index contributed by atoms with van der Waals surface area (Å²) in [5, 5.41) is 29.6. The quantitative estimate of drug-likeness (QED) is 0.874. The SMILES string of the molecule is N#Cc1c(C2=CCNC(C(=O)O)C2)nnn1-c1ccccc1. The Hall–Kier alpha value is -2.98. The summed E-state index contributed by atoms with van der Waals surface area (Å²) in [6.45, 7) is 0.426. The number of hydrogen-bond donors (Lipinski definition) is 2. The molecular formula is C15H13N5O2. The van der Waals surface area contributed by atoms with Crippen LogP contribution in [0.2, 0.25) is 0 Å². The summed E-state index contributed by atoms with van der Waals surface area (Å²) in [7, 11) is 0. The Balaban J connectivity index is 2.00. The average molecular weight is 295 g/mol. The van der Waals surface area contributed by atoms with Gasteiger partial charge in [0.1, 0.15) is 17.8 Å². The lowest BCUT2D eigenvalue weighted by atomic mass is 9.98. The van der Waals surface area contributed by atoms with Gasteiger partial charge in [-0.1, -0.05) is 29.5 Å². The molecule has 3 rings (SSSR count). The van der Waals surface area contributed by atoms with Crippen molar-refractivity contribution in [1.29, 1.82) is 5.26 Å².